The number of hydrogen-bond acceptors (Lipinski definition) is 2. The Bertz CT molecular complexity index is 256. The number of nitrogens with one attached hydrogen (secondary N) is 1. The molecular weight excluding hydrogens is 196 g/mol. The molecule has 2 fully saturated rings. The predicted molar refractivity (Wildman–Crippen MR) is 69.6 cm³/mol. The van der Waals surface area contributed by atoms with Crippen LogP contribution in [0.25, 0.3) is 0 Å². The fraction of sp³-hybridized carbons (Fsp3) is 1.00. The molecule has 1 aliphatic carbocycles. The van der Waals surface area contributed by atoms with Crippen molar-refractivity contribution < 1.29 is 0 Å². The van der Waals surface area contributed by atoms with Gasteiger partial charge in [0, 0.05) is 18.6 Å². The van der Waals surface area contributed by atoms with Crippen LogP contribution in [0.3, 0.4) is 0 Å². The van der Waals surface area contributed by atoms with Crippen molar-refractivity contribution >= 4 is 0 Å². The molecule has 2 aliphatic rings. The number of nitrogens with zero attached hydrogens (tertiary/aromatic N) is 1. The van der Waals surface area contributed by atoms with Gasteiger partial charge in [0.25, 0.3) is 0 Å². The van der Waals surface area contributed by atoms with Crippen LogP contribution in [0.4, 0.5) is 0 Å². The van der Waals surface area contributed by atoms with E-state index in [1.165, 1.54) is 19.5 Å². The quantitative estimate of drug-likeness (QED) is 0.774. The summed E-state index contributed by atoms with van der Waals surface area (Å²) in [5, 5.41) is 3.45. The van der Waals surface area contributed by atoms with Crippen LogP contribution in [0, 0.1) is 16.7 Å². The van der Waals surface area contributed by atoms with Gasteiger partial charge in [0.05, 0.1) is 0 Å². The van der Waals surface area contributed by atoms with Gasteiger partial charge in [-0.2, -0.15) is 0 Å². The third-order valence-corrected chi connectivity index (χ3v) is 5.62. The van der Waals surface area contributed by atoms with Gasteiger partial charge in [-0.05, 0) is 36.8 Å². The van der Waals surface area contributed by atoms with E-state index >= 15 is 0 Å². The van der Waals surface area contributed by atoms with E-state index in [-0.39, 0.29) is 0 Å². The summed E-state index contributed by atoms with van der Waals surface area (Å²) in [6, 6.07) is 1.52. The molecule has 0 radical (unpaired) electrons. The second-order valence-corrected chi connectivity index (χ2v) is 7.00. The lowest BCUT2D eigenvalue weighted by molar-refractivity contribution is 0.124. The van der Waals surface area contributed by atoms with E-state index in [9.17, 15) is 0 Å². The van der Waals surface area contributed by atoms with E-state index in [1.54, 1.807) is 0 Å². The zero-order valence-electron chi connectivity index (χ0n) is 11.8. The number of likely N-dealkylation sites (tertiary alicyclic amines) is 1. The lowest BCUT2D eigenvalue weighted by Gasteiger charge is -2.38. The van der Waals surface area contributed by atoms with Crippen molar-refractivity contribution in [2.45, 2.75) is 53.1 Å². The van der Waals surface area contributed by atoms with Crippen LogP contribution < -0.4 is 5.32 Å². The smallest absolute Gasteiger partial charge is 0.0209 e. The number of piperidine rings is 1. The maximum Gasteiger partial charge on any atom is 0.0209 e. The molecule has 1 N–H and O–H groups in total. The largest absolute Gasteiger partial charge is 0.317 e. The van der Waals surface area contributed by atoms with Gasteiger partial charge in [-0.15, -0.1) is 0 Å². The Morgan fingerprint density at radius 3 is 2.06 bits per heavy atom. The van der Waals surface area contributed by atoms with Crippen LogP contribution in [-0.2, 0) is 0 Å². The zero-order chi connectivity index (χ0) is 12.1. The summed E-state index contributed by atoms with van der Waals surface area (Å²) in [4.78, 5) is 2.73. The number of hydrogen-bond donors (Lipinski definition) is 1. The average molecular weight is 224 g/mol. The second-order valence-electron chi connectivity index (χ2n) is 7.00. The lowest BCUT2D eigenvalue weighted by atomic mass is 9.93. The molecule has 2 heteroatoms. The first-order chi connectivity index (χ1) is 7.32. The highest BCUT2D eigenvalue weighted by molar-refractivity contribution is 5.19. The summed E-state index contributed by atoms with van der Waals surface area (Å²) >= 11 is 0. The van der Waals surface area contributed by atoms with Crippen LogP contribution >= 0.6 is 0 Å². The summed E-state index contributed by atoms with van der Waals surface area (Å²) in [5.74, 6) is 0.783. The van der Waals surface area contributed by atoms with E-state index in [1.807, 2.05) is 0 Å². The lowest BCUT2D eigenvalue weighted by Crippen LogP contribution is -2.49. The van der Waals surface area contributed by atoms with Gasteiger partial charge < -0.3 is 5.32 Å². The van der Waals surface area contributed by atoms with E-state index in [0.29, 0.717) is 10.8 Å². The maximum atomic E-state index is 3.45. The third kappa shape index (κ3) is 1.62. The normalized spacial score (nSPS) is 38.6. The van der Waals surface area contributed by atoms with Crippen molar-refractivity contribution in [3.63, 3.8) is 0 Å². The van der Waals surface area contributed by atoms with Crippen molar-refractivity contribution in [3.05, 3.63) is 0 Å². The van der Waals surface area contributed by atoms with Crippen molar-refractivity contribution in [3.8, 4) is 0 Å². The molecule has 94 valence electrons. The molecule has 2 atom stereocenters. The topological polar surface area (TPSA) is 15.3 Å². The Morgan fingerprint density at radius 2 is 1.69 bits per heavy atom. The summed E-state index contributed by atoms with van der Waals surface area (Å²) in [6.07, 6.45) is 1.31. The molecule has 1 aliphatic heterocycles. The van der Waals surface area contributed by atoms with E-state index in [0.717, 1.165) is 18.0 Å². The van der Waals surface area contributed by atoms with Crippen molar-refractivity contribution in [1.29, 1.82) is 0 Å². The molecular formula is C14H28N2. The maximum absolute atomic E-state index is 3.45. The minimum absolute atomic E-state index is 0.499. The Balaban J connectivity index is 2.00. The monoisotopic (exact) mass is 224 g/mol. The van der Waals surface area contributed by atoms with Gasteiger partial charge in [0.2, 0.25) is 0 Å². The molecule has 0 aromatic carbocycles. The van der Waals surface area contributed by atoms with Crippen LogP contribution in [-0.4, -0.2) is 37.1 Å². The first kappa shape index (κ1) is 12.4. The summed E-state index contributed by atoms with van der Waals surface area (Å²) in [5.41, 5.74) is 0.998. The Kier molecular flexibility index (Phi) is 2.87. The molecule has 0 spiro atoms. The van der Waals surface area contributed by atoms with Gasteiger partial charge in [0.1, 0.15) is 0 Å². The van der Waals surface area contributed by atoms with Crippen LogP contribution in [0.2, 0.25) is 0 Å². The molecule has 1 heterocycles. The molecule has 0 bridgehead atoms. The predicted octanol–water partition coefficient (Wildman–Crippen LogP) is 2.35. The third-order valence-electron chi connectivity index (χ3n) is 5.62. The summed E-state index contributed by atoms with van der Waals surface area (Å²) in [7, 11) is 2.10. The van der Waals surface area contributed by atoms with E-state index < -0.39 is 0 Å². The zero-order valence-corrected chi connectivity index (χ0v) is 11.8. The molecule has 0 aromatic heterocycles. The Morgan fingerprint density at radius 1 is 1.12 bits per heavy atom. The molecule has 0 amide bonds. The van der Waals surface area contributed by atoms with Crippen molar-refractivity contribution in [2.24, 2.45) is 16.7 Å². The highest BCUT2D eigenvalue weighted by atomic mass is 15.2. The summed E-state index contributed by atoms with van der Waals surface area (Å²) in [6.45, 7) is 14.6. The highest BCUT2D eigenvalue weighted by Gasteiger charge is 2.67. The standard InChI is InChI=1S/C14H28N2/c1-10-9-16(8-7-11(10)15-6)12-13(2,3)14(12,4)5/h10-12,15H,7-9H2,1-6H3. The fourth-order valence-electron chi connectivity index (χ4n) is 3.92. The first-order valence-corrected chi connectivity index (χ1v) is 6.73. The molecule has 2 unspecified atom stereocenters. The van der Waals surface area contributed by atoms with E-state index in [2.05, 4.69) is 51.9 Å². The highest BCUT2D eigenvalue weighted by Crippen LogP contribution is 2.65. The van der Waals surface area contributed by atoms with Crippen molar-refractivity contribution in [1.82, 2.24) is 10.2 Å². The molecule has 16 heavy (non-hydrogen) atoms. The summed E-state index contributed by atoms with van der Waals surface area (Å²) < 4.78 is 0. The minimum atomic E-state index is 0.499. The Hall–Kier alpha value is -0.0800. The molecule has 1 saturated carbocycles. The average Bonchev–Trinajstić information content (AvgIpc) is 2.57. The van der Waals surface area contributed by atoms with Crippen molar-refractivity contribution in [2.75, 3.05) is 20.1 Å². The van der Waals surface area contributed by atoms with Crippen LogP contribution in [0.1, 0.15) is 41.0 Å². The molecule has 2 nitrogen and oxygen atoms in total. The van der Waals surface area contributed by atoms with Gasteiger partial charge in [0.15, 0.2) is 0 Å². The fourth-order valence-corrected chi connectivity index (χ4v) is 3.92. The SMILES string of the molecule is CNC1CCN(C2C(C)(C)C2(C)C)CC1C. The van der Waals surface area contributed by atoms with Gasteiger partial charge in [-0.3, -0.25) is 4.90 Å². The van der Waals surface area contributed by atoms with Crippen LogP contribution in [0.15, 0.2) is 0 Å². The van der Waals surface area contributed by atoms with Gasteiger partial charge >= 0.3 is 0 Å². The Labute approximate surface area is 101 Å². The number of rotatable bonds is 2. The van der Waals surface area contributed by atoms with Gasteiger partial charge in [-0.1, -0.05) is 34.6 Å². The second kappa shape index (κ2) is 3.71. The van der Waals surface area contributed by atoms with Gasteiger partial charge in [-0.25, -0.2) is 0 Å². The molecule has 2 rings (SSSR count). The van der Waals surface area contributed by atoms with E-state index in [4.69, 9.17) is 0 Å². The molecule has 0 aromatic rings. The first-order valence-electron chi connectivity index (χ1n) is 6.73. The minimum Gasteiger partial charge on any atom is -0.317 e. The van der Waals surface area contributed by atoms with Crippen LogP contribution in [0.5, 0.6) is 0 Å². The molecule has 1 saturated heterocycles.